The molecule has 0 amide bonds. The molecule has 1 atom stereocenters. The van der Waals surface area contributed by atoms with Crippen LogP contribution in [0, 0.1) is 5.92 Å². The van der Waals surface area contributed by atoms with Crippen LogP contribution in [0.4, 0.5) is 0 Å². The van der Waals surface area contributed by atoms with E-state index in [2.05, 4.69) is 40.1 Å². The average Bonchev–Trinajstić information content (AvgIpc) is 2.63. The summed E-state index contributed by atoms with van der Waals surface area (Å²) >= 11 is 0. The molecule has 0 aromatic heterocycles. The standard InChI is InChI=1S/C20H30N2O2/c1-2-24-20(23)18-9-6-12-22(16-18)19-10-13-21(14-11-19)15-17-7-4-3-5-8-17/h3-5,7-8,18-19H,2,6,9-16H2,1H3. The highest BCUT2D eigenvalue weighted by molar-refractivity contribution is 5.72. The minimum Gasteiger partial charge on any atom is -0.466 e. The van der Waals surface area contributed by atoms with Crippen molar-refractivity contribution in [1.82, 2.24) is 9.80 Å². The number of rotatable bonds is 5. The van der Waals surface area contributed by atoms with E-state index >= 15 is 0 Å². The van der Waals surface area contributed by atoms with Gasteiger partial charge >= 0.3 is 5.97 Å². The van der Waals surface area contributed by atoms with Crippen molar-refractivity contribution in [3.63, 3.8) is 0 Å². The molecule has 4 nitrogen and oxygen atoms in total. The molecule has 0 saturated carbocycles. The summed E-state index contributed by atoms with van der Waals surface area (Å²) in [6.07, 6.45) is 4.53. The molecule has 0 aliphatic carbocycles. The predicted molar refractivity (Wildman–Crippen MR) is 95.7 cm³/mol. The molecule has 1 aromatic carbocycles. The van der Waals surface area contributed by atoms with Gasteiger partial charge in [0, 0.05) is 19.1 Å². The number of carbonyl (C=O) groups is 1. The number of piperidine rings is 2. The molecule has 24 heavy (non-hydrogen) atoms. The Kier molecular flexibility index (Phi) is 6.27. The third kappa shape index (κ3) is 4.58. The van der Waals surface area contributed by atoms with Crippen LogP contribution in [0.3, 0.4) is 0 Å². The second kappa shape index (κ2) is 8.63. The summed E-state index contributed by atoms with van der Waals surface area (Å²) in [7, 11) is 0. The maximum absolute atomic E-state index is 12.0. The molecule has 2 saturated heterocycles. The SMILES string of the molecule is CCOC(=O)C1CCCN(C2CCN(Cc3ccccc3)CC2)C1. The minimum absolute atomic E-state index is 0.00344. The predicted octanol–water partition coefficient (Wildman–Crippen LogP) is 2.93. The van der Waals surface area contributed by atoms with Gasteiger partial charge in [-0.1, -0.05) is 30.3 Å². The van der Waals surface area contributed by atoms with Crippen LogP contribution in [-0.2, 0) is 16.1 Å². The van der Waals surface area contributed by atoms with Crippen LogP contribution < -0.4 is 0 Å². The molecule has 2 aliphatic rings. The van der Waals surface area contributed by atoms with Crippen molar-refractivity contribution in [2.24, 2.45) is 5.92 Å². The largest absolute Gasteiger partial charge is 0.466 e. The van der Waals surface area contributed by atoms with Crippen LogP contribution in [0.2, 0.25) is 0 Å². The van der Waals surface area contributed by atoms with E-state index < -0.39 is 0 Å². The molecule has 0 N–H and O–H groups in total. The lowest BCUT2D eigenvalue weighted by Crippen LogP contribution is -2.49. The zero-order chi connectivity index (χ0) is 16.8. The monoisotopic (exact) mass is 330 g/mol. The van der Waals surface area contributed by atoms with Crippen LogP contribution >= 0.6 is 0 Å². The lowest BCUT2D eigenvalue weighted by molar-refractivity contribution is -0.150. The first-order valence-corrected chi connectivity index (χ1v) is 9.43. The number of benzene rings is 1. The molecule has 0 bridgehead atoms. The van der Waals surface area contributed by atoms with E-state index in [-0.39, 0.29) is 11.9 Å². The summed E-state index contributed by atoms with van der Waals surface area (Å²) in [5, 5.41) is 0. The van der Waals surface area contributed by atoms with Gasteiger partial charge in [-0.15, -0.1) is 0 Å². The van der Waals surface area contributed by atoms with Crippen molar-refractivity contribution in [2.45, 2.75) is 45.2 Å². The summed E-state index contributed by atoms with van der Waals surface area (Å²) in [6, 6.07) is 11.4. The molecular formula is C20H30N2O2. The molecular weight excluding hydrogens is 300 g/mol. The van der Waals surface area contributed by atoms with Crippen molar-refractivity contribution >= 4 is 5.97 Å². The van der Waals surface area contributed by atoms with Crippen molar-refractivity contribution in [2.75, 3.05) is 32.8 Å². The Morgan fingerprint density at radius 2 is 1.88 bits per heavy atom. The smallest absolute Gasteiger partial charge is 0.310 e. The number of ether oxygens (including phenoxy) is 1. The first-order chi connectivity index (χ1) is 11.8. The summed E-state index contributed by atoms with van der Waals surface area (Å²) in [5.74, 6) is 0.0877. The molecule has 132 valence electrons. The van der Waals surface area contributed by atoms with E-state index in [4.69, 9.17) is 4.74 Å². The van der Waals surface area contributed by atoms with E-state index in [9.17, 15) is 4.79 Å². The van der Waals surface area contributed by atoms with Crippen molar-refractivity contribution in [3.8, 4) is 0 Å². The minimum atomic E-state index is 0.00344. The first kappa shape index (κ1) is 17.4. The topological polar surface area (TPSA) is 32.8 Å². The highest BCUT2D eigenvalue weighted by Gasteiger charge is 2.32. The highest BCUT2D eigenvalue weighted by Crippen LogP contribution is 2.25. The second-order valence-corrected chi connectivity index (χ2v) is 7.08. The van der Waals surface area contributed by atoms with Crippen molar-refractivity contribution in [3.05, 3.63) is 35.9 Å². The van der Waals surface area contributed by atoms with E-state index in [1.54, 1.807) is 0 Å². The van der Waals surface area contributed by atoms with Crippen LogP contribution in [0.25, 0.3) is 0 Å². The fourth-order valence-electron chi connectivity index (χ4n) is 4.07. The molecule has 2 fully saturated rings. The fourth-order valence-corrected chi connectivity index (χ4v) is 4.07. The molecule has 1 aromatic rings. The van der Waals surface area contributed by atoms with E-state index in [1.807, 2.05) is 6.92 Å². The zero-order valence-corrected chi connectivity index (χ0v) is 14.8. The molecule has 2 heterocycles. The van der Waals surface area contributed by atoms with Gasteiger partial charge in [-0.25, -0.2) is 0 Å². The Labute approximate surface area is 145 Å². The Morgan fingerprint density at radius 1 is 1.12 bits per heavy atom. The first-order valence-electron chi connectivity index (χ1n) is 9.43. The van der Waals surface area contributed by atoms with Gasteiger partial charge in [0.05, 0.1) is 12.5 Å². The quantitative estimate of drug-likeness (QED) is 0.777. The van der Waals surface area contributed by atoms with Crippen molar-refractivity contribution < 1.29 is 9.53 Å². The molecule has 0 spiro atoms. The number of hydrogen-bond acceptors (Lipinski definition) is 4. The fraction of sp³-hybridized carbons (Fsp3) is 0.650. The van der Waals surface area contributed by atoms with Gasteiger partial charge in [0.15, 0.2) is 0 Å². The molecule has 0 radical (unpaired) electrons. The van der Waals surface area contributed by atoms with Gasteiger partial charge in [0.2, 0.25) is 0 Å². The Bertz CT molecular complexity index is 512. The van der Waals surface area contributed by atoms with E-state index in [0.29, 0.717) is 12.6 Å². The molecule has 2 aliphatic heterocycles. The normalized spacial score (nSPS) is 24.0. The molecule has 1 unspecified atom stereocenters. The van der Waals surface area contributed by atoms with E-state index in [1.165, 1.54) is 18.4 Å². The number of likely N-dealkylation sites (tertiary alicyclic amines) is 2. The lowest BCUT2D eigenvalue weighted by Gasteiger charge is -2.41. The van der Waals surface area contributed by atoms with Gasteiger partial charge in [-0.3, -0.25) is 14.6 Å². The van der Waals surface area contributed by atoms with Gasteiger partial charge in [-0.05, 0) is 57.8 Å². The number of hydrogen-bond donors (Lipinski definition) is 0. The number of nitrogens with zero attached hydrogens (tertiary/aromatic N) is 2. The number of esters is 1. The Hall–Kier alpha value is -1.39. The third-order valence-electron chi connectivity index (χ3n) is 5.40. The van der Waals surface area contributed by atoms with Gasteiger partial charge < -0.3 is 4.74 Å². The van der Waals surface area contributed by atoms with Gasteiger partial charge in [0.25, 0.3) is 0 Å². The van der Waals surface area contributed by atoms with Crippen LogP contribution in [-0.4, -0.2) is 54.6 Å². The van der Waals surface area contributed by atoms with E-state index in [0.717, 1.165) is 45.6 Å². The van der Waals surface area contributed by atoms with Crippen LogP contribution in [0.15, 0.2) is 30.3 Å². The Balaban J connectivity index is 1.46. The van der Waals surface area contributed by atoms with Gasteiger partial charge in [0.1, 0.15) is 0 Å². The summed E-state index contributed by atoms with van der Waals surface area (Å²) in [4.78, 5) is 17.1. The maximum Gasteiger partial charge on any atom is 0.310 e. The van der Waals surface area contributed by atoms with Crippen LogP contribution in [0.5, 0.6) is 0 Å². The summed E-state index contributed by atoms with van der Waals surface area (Å²) < 4.78 is 5.23. The molecule has 3 rings (SSSR count). The summed E-state index contributed by atoms with van der Waals surface area (Å²) in [6.45, 7) is 7.77. The Morgan fingerprint density at radius 3 is 2.58 bits per heavy atom. The number of carbonyl (C=O) groups excluding carboxylic acids is 1. The molecule has 4 heteroatoms. The zero-order valence-electron chi connectivity index (χ0n) is 14.8. The maximum atomic E-state index is 12.0. The summed E-state index contributed by atoms with van der Waals surface area (Å²) in [5.41, 5.74) is 1.40. The van der Waals surface area contributed by atoms with Crippen LogP contribution in [0.1, 0.15) is 38.2 Å². The third-order valence-corrected chi connectivity index (χ3v) is 5.40. The highest BCUT2D eigenvalue weighted by atomic mass is 16.5. The lowest BCUT2D eigenvalue weighted by atomic mass is 9.94. The van der Waals surface area contributed by atoms with Crippen molar-refractivity contribution in [1.29, 1.82) is 0 Å². The second-order valence-electron chi connectivity index (χ2n) is 7.08. The average molecular weight is 330 g/mol. The van der Waals surface area contributed by atoms with Gasteiger partial charge in [-0.2, -0.15) is 0 Å².